The summed E-state index contributed by atoms with van der Waals surface area (Å²) in [6.07, 6.45) is 4.21. The van der Waals surface area contributed by atoms with Gasteiger partial charge in [0, 0.05) is 24.8 Å². The number of likely N-dealkylation sites (tertiary alicyclic amines) is 1. The van der Waals surface area contributed by atoms with E-state index in [1.165, 1.54) is 6.07 Å². The zero-order valence-electron chi connectivity index (χ0n) is 13.9. The van der Waals surface area contributed by atoms with Crippen LogP contribution < -0.4 is 0 Å². The van der Waals surface area contributed by atoms with E-state index < -0.39 is 0 Å². The van der Waals surface area contributed by atoms with Crippen LogP contribution in [0.15, 0.2) is 41.1 Å². The van der Waals surface area contributed by atoms with Crippen molar-refractivity contribution in [2.75, 3.05) is 13.1 Å². The Morgan fingerprint density at radius 3 is 2.88 bits per heavy atom. The number of hydrogen-bond donors (Lipinski definition) is 0. The number of halogens is 1. The standard InChI is InChI=1S/C18H18FN5O/c1-12-8-21-16(9-20-12)18-23-22-17(25-18)14-6-7-24(11-14)10-13-4-2-3-5-15(13)19/h2-5,8-9,14H,6-7,10-11H2,1H3/t14-/m0/s1. The summed E-state index contributed by atoms with van der Waals surface area (Å²) in [6, 6.07) is 6.89. The normalized spacial score (nSPS) is 17.9. The summed E-state index contributed by atoms with van der Waals surface area (Å²) in [5, 5.41) is 8.26. The average Bonchev–Trinajstić information content (AvgIpc) is 3.27. The van der Waals surface area contributed by atoms with Gasteiger partial charge in [-0.25, -0.2) is 9.37 Å². The maximum absolute atomic E-state index is 13.8. The summed E-state index contributed by atoms with van der Waals surface area (Å²) in [6.45, 7) is 4.11. The zero-order valence-corrected chi connectivity index (χ0v) is 13.9. The molecule has 1 aliphatic heterocycles. The molecule has 0 saturated carbocycles. The van der Waals surface area contributed by atoms with Crippen LogP contribution in [0.4, 0.5) is 4.39 Å². The van der Waals surface area contributed by atoms with Crippen LogP contribution in [0.5, 0.6) is 0 Å². The predicted octanol–water partition coefficient (Wildman–Crippen LogP) is 2.96. The number of aryl methyl sites for hydroxylation is 1. The van der Waals surface area contributed by atoms with Crippen molar-refractivity contribution in [3.05, 3.63) is 59.6 Å². The Morgan fingerprint density at radius 1 is 1.20 bits per heavy atom. The van der Waals surface area contributed by atoms with E-state index in [1.54, 1.807) is 18.5 Å². The molecule has 25 heavy (non-hydrogen) atoms. The Morgan fingerprint density at radius 2 is 2.08 bits per heavy atom. The highest BCUT2D eigenvalue weighted by atomic mass is 19.1. The second kappa shape index (κ2) is 6.68. The molecular weight excluding hydrogens is 321 g/mol. The monoisotopic (exact) mass is 339 g/mol. The molecule has 0 aliphatic carbocycles. The molecule has 1 atom stereocenters. The van der Waals surface area contributed by atoms with Crippen molar-refractivity contribution >= 4 is 0 Å². The fourth-order valence-electron chi connectivity index (χ4n) is 3.05. The summed E-state index contributed by atoms with van der Waals surface area (Å²) in [4.78, 5) is 10.7. The average molecular weight is 339 g/mol. The van der Waals surface area contributed by atoms with Crippen molar-refractivity contribution in [3.8, 4) is 11.6 Å². The van der Waals surface area contributed by atoms with Gasteiger partial charge >= 0.3 is 0 Å². The molecule has 0 spiro atoms. The first kappa shape index (κ1) is 15.8. The van der Waals surface area contributed by atoms with E-state index in [0.29, 0.717) is 29.6 Å². The highest BCUT2D eigenvalue weighted by molar-refractivity contribution is 5.43. The van der Waals surface area contributed by atoms with Crippen LogP contribution in [0.3, 0.4) is 0 Å². The minimum absolute atomic E-state index is 0.159. The number of rotatable bonds is 4. The number of nitrogens with zero attached hydrogens (tertiary/aromatic N) is 5. The number of aromatic nitrogens is 4. The van der Waals surface area contributed by atoms with E-state index in [9.17, 15) is 4.39 Å². The lowest BCUT2D eigenvalue weighted by atomic mass is 10.1. The Kier molecular flexibility index (Phi) is 4.23. The largest absolute Gasteiger partial charge is 0.419 e. The molecule has 1 saturated heterocycles. The van der Waals surface area contributed by atoms with Crippen LogP contribution in [0.2, 0.25) is 0 Å². The molecule has 128 valence electrons. The van der Waals surface area contributed by atoms with Crippen LogP contribution in [-0.2, 0) is 6.54 Å². The molecule has 1 aliphatic rings. The summed E-state index contributed by atoms with van der Waals surface area (Å²) < 4.78 is 19.6. The van der Waals surface area contributed by atoms with E-state index >= 15 is 0 Å². The van der Waals surface area contributed by atoms with Crippen LogP contribution in [0.1, 0.15) is 29.5 Å². The third-order valence-electron chi connectivity index (χ3n) is 4.41. The summed E-state index contributed by atoms with van der Waals surface area (Å²) in [5.74, 6) is 0.985. The van der Waals surface area contributed by atoms with Gasteiger partial charge in [-0.2, -0.15) is 0 Å². The molecule has 0 bridgehead atoms. The first-order valence-electron chi connectivity index (χ1n) is 8.27. The van der Waals surface area contributed by atoms with E-state index in [4.69, 9.17) is 4.42 Å². The highest BCUT2D eigenvalue weighted by Gasteiger charge is 2.29. The van der Waals surface area contributed by atoms with Gasteiger partial charge < -0.3 is 4.42 Å². The van der Waals surface area contributed by atoms with E-state index in [2.05, 4.69) is 25.1 Å². The van der Waals surface area contributed by atoms with Gasteiger partial charge in [0.25, 0.3) is 5.89 Å². The first-order valence-corrected chi connectivity index (χ1v) is 8.27. The first-order chi connectivity index (χ1) is 12.2. The Hall–Kier alpha value is -2.67. The maximum atomic E-state index is 13.8. The summed E-state index contributed by atoms with van der Waals surface area (Å²) in [7, 11) is 0. The van der Waals surface area contributed by atoms with Gasteiger partial charge in [0.2, 0.25) is 5.89 Å². The number of hydrogen-bond acceptors (Lipinski definition) is 6. The third-order valence-corrected chi connectivity index (χ3v) is 4.41. The number of benzene rings is 1. The van der Waals surface area contributed by atoms with Crippen molar-refractivity contribution in [1.29, 1.82) is 0 Å². The van der Waals surface area contributed by atoms with Gasteiger partial charge in [-0.3, -0.25) is 9.88 Å². The SMILES string of the molecule is Cc1cnc(-c2nnc([C@H]3CCN(Cc4ccccc4F)C3)o2)cn1. The lowest BCUT2D eigenvalue weighted by molar-refractivity contribution is 0.315. The molecule has 4 rings (SSSR count). The summed E-state index contributed by atoms with van der Waals surface area (Å²) >= 11 is 0. The maximum Gasteiger partial charge on any atom is 0.267 e. The van der Waals surface area contributed by atoms with Crippen molar-refractivity contribution in [3.63, 3.8) is 0 Å². The van der Waals surface area contributed by atoms with E-state index in [0.717, 1.165) is 25.2 Å². The van der Waals surface area contributed by atoms with Crippen LogP contribution in [-0.4, -0.2) is 38.2 Å². The van der Waals surface area contributed by atoms with Crippen molar-refractivity contribution in [2.45, 2.75) is 25.8 Å². The minimum atomic E-state index is -0.163. The fraction of sp³-hybridized carbons (Fsp3) is 0.333. The molecule has 2 aromatic heterocycles. The molecule has 0 N–H and O–H groups in total. The summed E-state index contributed by atoms with van der Waals surface area (Å²) in [5.41, 5.74) is 2.12. The van der Waals surface area contributed by atoms with Gasteiger partial charge in [0.1, 0.15) is 11.5 Å². The smallest absolute Gasteiger partial charge is 0.267 e. The predicted molar refractivity (Wildman–Crippen MR) is 89.1 cm³/mol. The molecule has 3 heterocycles. The van der Waals surface area contributed by atoms with E-state index in [-0.39, 0.29) is 11.7 Å². The van der Waals surface area contributed by atoms with Crippen molar-refractivity contribution in [1.82, 2.24) is 25.1 Å². The third kappa shape index (κ3) is 3.41. The molecule has 0 radical (unpaired) electrons. The topological polar surface area (TPSA) is 67.9 Å². The molecule has 7 heteroatoms. The molecule has 1 aromatic carbocycles. The second-order valence-electron chi connectivity index (χ2n) is 6.30. The lowest BCUT2D eigenvalue weighted by Gasteiger charge is -2.15. The molecule has 3 aromatic rings. The van der Waals surface area contributed by atoms with Crippen LogP contribution in [0.25, 0.3) is 11.6 Å². The lowest BCUT2D eigenvalue weighted by Crippen LogP contribution is -2.20. The van der Waals surface area contributed by atoms with Crippen molar-refractivity contribution < 1.29 is 8.81 Å². The zero-order chi connectivity index (χ0) is 17.2. The van der Waals surface area contributed by atoms with Gasteiger partial charge in [-0.15, -0.1) is 10.2 Å². The van der Waals surface area contributed by atoms with Crippen LogP contribution >= 0.6 is 0 Å². The molecule has 6 nitrogen and oxygen atoms in total. The minimum Gasteiger partial charge on any atom is -0.419 e. The quantitative estimate of drug-likeness (QED) is 0.728. The second-order valence-corrected chi connectivity index (χ2v) is 6.30. The highest BCUT2D eigenvalue weighted by Crippen LogP contribution is 2.29. The molecule has 0 amide bonds. The Bertz CT molecular complexity index is 864. The van der Waals surface area contributed by atoms with Crippen molar-refractivity contribution in [2.24, 2.45) is 0 Å². The van der Waals surface area contributed by atoms with Gasteiger partial charge in [0.15, 0.2) is 0 Å². The van der Waals surface area contributed by atoms with Crippen LogP contribution in [0, 0.1) is 12.7 Å². The van der Waals surface area contributed by atoms with Gasteiger partial charge in [-0.05, 0) is 26.0 Å². The van der Waals surface area contributed by atoms with Gasteiger partial charge in [-0.1, -0.05) is 18.2 Å². The molecular formula is C18H18FN5O. The Labute approximate surface area is 144 Å². The van der Waals surface area contributed by atoms with Gasteiger partial charge in [0.05, 0.1) is 17.8 Å². The Balaban J connectivity index is 1.44. The van der Waals surface area contributed by atoms with E-state index in [1.807, 2.05) is 19.1 Å². The molecule has 0 unspecified atom stereocenters. The fourth-order valence-corrected chi connectivity index (χ4v) is 3.05. The molecule has 1 fully saturated rings.